The number of unbranched alkanes of at least 4 members (excludes halogenated alkanes) is 8. The van der Waals surface area contributed by atoms with Gasteiger partial charge in [0.05, 0.1) is 39.5 Å². The SMILES string of the molecule is CCCCCCCn1c2ccccc2c2c(-c3ccc(OC)c(OC)c3)c3c(c(-c4ccc(OC)c(OC)c4)c21)c1ccccc1n3CCCCCCC. The second-order valence-electron chi connectivity index (χ2n) is 14.5. The van der Waals surface area contributed by atoms with Gasteiger partial charge in [-0.25, -0.2) is 0 Å². The van der Waals surface area contributed by atoms with Crippen molar-refractivity contribution in [1.82, 2.24) is 9.13 Å². The molecule has 0 aliphatic rings. The third kappa shape index (κ3) is 6.76. The lowest BCUT2D eigenvalue weighted by Gasteiger charge is -2.19. The number of hydrogen-bond acceptors (Lipinski definition) is 4. The summed E-state index contributed by atoms with van der Waals surface area (Å²) in [5, 5.41) is 5.04. The van der Waals surface area contributed by atoms with Crippen LogP contribution in [0.5, 0.6) is 23.0 Å². The third-order valence-corrected chi connectivity index (χ3v) is 11.2. The fourth-order valence-corrected chi connectivity index (χ4v) is 8.63. The zero-order valence-corrected chi connectivity index (χ0v) is 33.1. The molecule has 2 aromatic heterocycles. The van der Waals surface area contributed by atoms with Gasteiger partial charge < -0.3 is 28.1 Å². The molecule has 7 rings (SSSR count). The van der Waals surface area contributed by atoms with Gasteiger partial charge in [-0.05, 0) is 60.4 Å². The van der Waals surface area contributed by atoms with Crippen LogP contribution in [0.4, 0.5) is 0 Å². The molecular weight excluding hydrogens is 669 g/mol. The predicted octanol–water partition coefficient (Wildman–Crippen LogP) is 13.2. The van der Waals surface area contributed by atoms with Gasteiger partial charge in [-0.1, -0.05) is 114 Å². The fourth-order valence-electron chi connectivity index (χ4n) is 8.63. The van der Waals surface area contributed by atoms with Crippen LogP contribution in [0.1, 0.15) is 78.1 Å². The zero-order valence-electron chi connectivity index (χ0n) is 33.1. The summed E-state index contributed by atoms with van der Waals surface area (Å²) in [6.07, 6.45) is 12.1. The highest BCUT2D eigenvalue weighted by Crippen LogP contribution is 2.52. The van der Waals surface area contributed by atoms with Gasteiger partial charge in [0.25, 0.3) is 0 Å². The quantitative estimate of drug-likeness (QED) is 0.0827. The lowest BCUT2D eigenvalue weighted by Crippen LogP contribution is -2.03. The van der Waals surface area contributed by atoms with E-state index in [9.17, 15) is 0 Å². The minimum absolute atomic E-state index is 0.724. The maximum Gasteiger partial charge on any atom is 0.161 e. The highest BCUT2D eigenvalue weighted by molar-refractivity contribution is 6.32. The number of ether oxygens (including phenoxy) is 4. The monoisotopic (exact) mass is 724 g/mol. The first-order valence-electron chi connectivity index (χ1n) is 20.0. The molecule has 6 nitrogen and oxygen atoms in total. The van der Waals surface area contributed by atoms with Crippen molar-refractivity contribution in [3.8, 4) is 45.3 Å². The first-order chi connectivity index (χ1) is 26.6. The Morgan fingerprint density at radius 3 is 1.20 bits per heavy atom. The minimum atomic E-state index is 0.724. The normalized spacial score (nSPS) is 11.7. The Hall–Kier alpha value is -5.10. The predicted molar refractivity (Wildman–Crippen MR) is 227 cm³/mol. The van der Waals surface area contributed by atoms with Gasteiger partial charge in [0, 0.05) is 56.8 Å². The van der Waals surface area contributed by atoms with Crippen molar-refractivity contribution in [2.24, 2.45) is 0 Å². The van der Waals surface area contributed by atoms with Crippen LogP contribution in [0.15, 0.2) is 84.9 Å². The first kappa shape index (κ1) is 37.2. The third-order valence-electron chi connectivity index (χ3n) is 11.2. The lowest BCUT2D eigenvalue weighted by molar-refractivity contribution is 0.355. The molecule has 282 valence electrons. The molecule has 0 saturated carbocycles. The number of para-hydroxylation sites is 2. The van der Waals surface area contributed by atoms with Gasteiger partial charge in [0.1, 0.15) is 0 Å². The van der Waals surface area contributed by atoms with Crippen LogP contribution in [0.3, 0.4) is 0 Å². The van der Waals surface area contributed by atoms with Crippen LogP contribution in [0.25, 0.3) is 65.9 Å². The van der Waals surface area contributed by atoms with Crippen molar-refractivity contribution in [2.75, 3.05) is 28.4 Å². The Morgan fingerprint density at radius 1 is 0.426 bits per heavy atom. The summed E-state index contributed by atoms with van der Waals surface area (Å²) in [4.78, 5) is 0. The van der Waals surface area contributed by atoms with Crippen molar-refractivity contribution in [1.29, 1.82) is 0 Å². The molecule has 6 heteroatoms. The molecule has 54 heavy (non-hydrogen) atoms. The topological polar surface area (TPSA) is 46.8 Å². The molecule has 0 fully saturated rings. The molecule has 0 spiro atoms. The molecule has 0 saturated heterocycles. The largest absolute Gasteiger partial charge is 0.493 e. The lowest BCUT2D eigenvalue weighted by atomic mass is 9.89. The smallest absolute Gasteiger partial charge is 0.161 e. The summed E-state index contributed by atoms with van der Waals surface area (Å²) < 4.78 is 28.7. The van der Waals surface area contributed by atoms with Gasteiger partial charge in [-0.2, -0.15) is 0 Å². The van der Waals surface area contributed by atoms with Gasteiger partial charge >= 0.3 is 0 Å². The van der Waals surface area contributed by atoms with Crippen LogP contribution < -0.4 is 18.9 Å². The Kier molecular flexibility index (Phi) is 11.7. The average molecular weight is 725 g/mol. The van der Waals surface area contributed by atoms with Crippen LogP contribution in [-0.2, 0) is 13.1 Å². The van der Waals surface area contributed by atoms with Crippen LogP contribution in [0.2, 0.25) is 0 Å². The van der Waals surface area contributed by atoms with E-state index in [2.05, 4.69) is 108 Å². The number of nitrogens with zero attached hydrogens (tertiary/aromatic N) is 2. The Labute approximate surface area is 320 Å². The summed E-state index contributed by atoms with van der Waals surface area (Å²) >= 11 is 0. The second kappa shape index (κ2) is 16.9. The van der Waals surface area contributed by atoms with Gasteiger partial charge in [0.2, 0.25) is 0 Å². The molecule has 5 aromatic carbocycles. The molecule has 0 bridgehead atoms. The van der Waals surface area contributed by atoms with E-state index in [0.29, 0.717) is 0 Å². The molecule has 0 aliphatic carbocycles. The first-order valence-corrected chi connectivity index (χ1v) is 20.0. The molecule has 7 aromatic rings. The van der Waals surface area contributed by atoms with E-state index in [4.69, 9.17) is 18.9 Å². The maximum absolute atomic E-state index is 5.97. The second-order valence-corrected chi connectivity index (χ2v) is 14.5. The number of rotatable bonds is 18. The van der Waals surface area contributed by atoms with Crippen molar-refractivity contribution in [2.45, 2.75) is 91.1 Å². The molecular formula is C48H56N2O4. The van der Waals surface area contributed by atoms with E-state index in [0.717, 1.165) is 60.1 Å². The fraction of sp³-hybridized carbons (Fsp3) is 0.375. The van der Waals surface area contributed by atoms with Gasteiger partial charge in [0.15, 0.2) is 23.0 Å². The highest BCUT2D eigenvalue weighted by atomic mass is 16.5. The molecule has 0 amide bonds. The number of benzene rings is 5. The number of aromatic nitrogens is 2. The molecule has 2 heterocycles. The van der Waals surface area contributed by atoms with Crippen molar-refractivity contribution < 1.29 is 18.9 Å². The van der Waals surface area contributed by atoms with Crippen molar-refractivity contribution in [3.63, 3.8) is 0 Å². The van der Waals surface area contributed by atoms with Crippen LogP contribution >= 0.6 is 0 Å². The minimum Gasteiger partial charge on any atom is -0.493 e. The number of hydrogen-bond donors (Lipinski definition) is 0. The molecule has 0 unspecified atom stereocenters. The number of aryl methyl sites for hydroxylation is 2. The Bertz CT molecular complexity index is 2220. The van der Waals surface area contributed by atoms with Crippen LogP contribution in [-0.4, -0.2) is 37.6 Å². The van der Waals surface area contributed by atoms with E-state index in [1.165, 1.54) is 106 Å². The average Bonchev–Trinajstić information content (AvgIpc) is 3.72. The van der Waals surface area contributed by atoms with E-state index in [1.807, 2.05) is 0 Å². The summed E-state index contributed by atoms with van der Waals surface area (Å²) in [6.45, 7) is 6.43. The molecule has 0 N–H and O–H groups in total. The summed E-state index contributed by atoms with van der Waals surface area (Å²) in [5.74, 6) is 2.90. The molecule has 0 aliphatic heterocycles. The van der Waals surface area contributed by atoms with Crippen molar-refractivity contribution >= 4 is 43.6 Å². The van der Waals surface area contributed by atoms with E-state index in [1.54, 1.807) is 28.4 Å². The summed E-state index contributed by atoms with van der Waals surface area (Å²) in [5.41, 5.74) is 9.71. The molecule has 0 radical (unpaired) electrons. The van der Waals surface area contributed by atoms with Gasteiger partial charge in [-0.3, -0.25) is 0 Å². The Balaban J connectivity index is 1.68. The zero-order chi connectivity index (χ0) is 37.6. The van der Waals surface area contributed by atoms with Crippen LogP contribution in [0, 0.1) is 0 Å². The van der Waals surface area contributed by atoms with E-state index in [-0.39, 0.29) is 0 Å². The summed E-state index contributed by atoms with van der Waals surface area (Å²) in [7, 11) is 6.86. The number of methoxy groups -OCH3 is 4. The van der Waals surface area contributed by atoms with Gasteiger partial charge in [-0.15, -0.1) is 0 Å². The Morgan fingerprint density at radius 2 is 0.815 bits per heavy atom. The molecule has 0 atom stereocenters. The van der Waals surface area contributed by atoms with E-state index >= 15 is 0 Å². The van der Waals surface area contributed by atoms with E-state index < -0.39 is 0 Å². The maximum atomic E-state index is 5.97. The summed E-state index contributed by atoms with van der Waals surface area (Å²) in [6, 6.07) is 30.9. The van der Waals surface area contributed by atoms with Crippen molar-refractivity contribution in [3.05, 3.63) is 84.9 Å². The standard InChI is InChI=1S/C48H56N2O4/c1-7-9-11-13-19-29-49-37-23-17-15-21-35(37)45-44(34-26-28-40(52-4)42(32-34)54-6)48-46(43(47(45)49)33-25-27-39(51-3)41(31-33)53-5)36-22-16-18-24-38(36)50(48)30-20-14-12-10-8-2/h15-18,21-28,31-32H,7-14,19-20,29-30H2,1-6H3. The highest BCUT2D eigenvalue weighted by Gasteiger charge is 2.28. The number of fused-ring (bicyclic) bond motifs is 6.